The molecule has 88 valence electrons. The second-order valence-corrected chi connectivity index (χ2v) is 3.86. The maximum atomic E-state index is 11.1. The van der Waals surface area contributed by atoms with Crippen LogP contribution in [0.4, 0.5) is 0 Å². The highest BCUT2D eigenvalue weighted by molar-refractivity contribution is 5.69. The summed E-state index contributed by atoms with van der Waals surface area (Å²) in [6, 6.07) is 9.59. The van der Waals surface area contributed by atoms with Crippen molar-refractivity contribution in [3.8, 4) is 11.6 Å². The van der Waals surface area contributed by atoms with E-state index in [9.17, 15) is 4.79 Å². The zero-order valence-electron chi connectivity index (χ0n) is 10.1. The predicted octanol–water partition coefficient (Wildman–Crippen LogP) is 2.41. The van der Waals surface area contributed by atoms with E-state index in [1.807, 2.05) is 44.2 Å². The van der Waals surface area contributed by atoms with Crippen LogP contribution in [0.1, 0.15) is 18.2 Å². The molecule has 2 aromatic rings. The summed E-state index contributed by atoms with van der Waals surface area (Å²) < 4.78 is 6.86. The first-order valence-electron chi connectivity index (χ1n) is 5.39. The second kappa shape index (κ2) is 4.41. The summed E-state index contributed by atoms with van der Waals surface area (Å²) in [7, 11) is 0. The molecule has 0 unspecified atom stereocenters. The van der Waals surface area contributed by atoms with Gasteiger partial charge in [-0.25, -0.2) is 4.68 Å². The van der Waals surface area contributed by atoms with Gasteiger partial charge in [-0.3, -0.25) is 4.79 Å². The first-order chi connectivity index (χ1) is 8.09. The van der Waals surface area contributed by atoms with Crippen LogP contribution in [-0.2, 0) is 4.79 Å². The summed E-state index contributed by atoms with van der Waals surface area (Å²) in [5.74, 6) is 0.145. The van der Waals surface area contributed by atoms with Crippen LogP contribution >= 0.6 is 0 Å². The molecule has 0 aliphatic rings. The van der Waals surface area contributed by atoms with Crippen molar-refractivity contribution in [3.05, 3.63) is 41.6 Å². The third kappa shape index (κ3) is 2.20. The van der Waals surface area contributed by atoms with E-state index in [4.69, 9.17) is 4.74 Å². The third-order valence-corrected chi connectivity index (χ3v) is 2.55. The smallest absolute Gasteiger partial charge is 0.309 e. The molecule has 0 atom stereocenters. The first-order valence-corrected chi connectivity index (χ1v) is 5.39. The Kier molecular flexibility index (Phi) is 2.95. The lowest BCUT2D eigenvalue weighted by atomic mass is 10.3. The van der Waals surface area contributed by atoms with Crippen molar-refractivity contribution in [2.75, 3.05) is 0 Å². The predicted molar refractivity (Wildman–Crippen MR) is 64.3 cm³/mol. The van der Waals surface area contributed by atoms with Gasteiger partial charge in [0, 0.05) is 12.5 Å². The highest BCUT2D eigenvalue weighted by atomic mass is 16.5. The summed E-state index contributed by atoms with van der Waals surface area (Å²) in [6.45, 7) is 5.17. The minimum Gasteiger partial charge on any atom is -0.407 e. The Morgan fingerprint density at radius 1 is 1.24 bits per heavy atom. The Bertz CT molecular complexity index is 544. The molecule has 4 nitrogen and oxygen atoms in total. The number of ether oxygens (including phenoxy) is 1. The van der Waals surface area contributed by atoms with E-state index in [1.54, 1.807) is 4.68 Å². The summed E-state index contributed by atoms with van der Waals surface area (Å²) in [6.07, 6.45) is 0. The van der Waals surface area contributed by atoms with Gasteiger partial charge in [0.15, 0.2) is 0 Å². The highest BCUT2D eigenvalue weighted by Crippen LogP contribution is 2.24. The molecular formula is C13H14N2O2. The quantitative estimate of drug-likeness (QED) is 0.744. The topological polar surface area (TPSA) is 44.1 Å². The van der Waals surface area contributed by atoms with E-state index in [0.717, 1.165) is 16.9 Å². The van der Waals surface area contributed by atoms with Gasteiger partial charge in [-0.05, 0) is 26.0 Å². The summed E-state index contributed by atoms with van der Waals surface area (Å²) >= 11 is 0. The highest BCUT2D eigenvalue weighted by Gasteiger charge is 2.15. The number of aromatic nitrogens is 2. The van der Waals surface area contributed by atoms with Crippen molar-refractivity contribution in [1.29, 1.82) is 0 Å². The van der Waals surface area contributed by atoms with Gasteiger partial charge in [-0.15, -0.1) is 0 Å². The molecule has 1 heterocycles. The maximum Gasteiger partial charge on any atom is 0.309 e. The molecule has 0 saturated carbocycles. The molecule has 2 rings (SSSR count). The average molecular weight is 230 g/mol. The minimum absolute atomic E-state index is 0.342. The number of benzene rings is 1. The molecule has 0 aliphatic heterocycles. The molecule has 0 N–H and O–H groups in total. The van der Waals surface area contributed by atoms with Crippen molar-refractivity contribution >= 4 is 5.97 Å². The molecule has 1 aromatic heterocycles. The van der Waals surface area contributed by atoms with Crippen LogP contribution in [0, 0.1) is 13.8 Å². The standard InChI is InChI=1S/C13H14N2O2/c1-9-10(2)14-15(13(9)17-11(3)16)12-7-5-4-6-8-12/h4-8H,1-3H3. The van der Waals surface area contributed by atoms with Crippen molar-refractivity contribution in [2.24, 2.45) is 0 Å². The lowest BCUT2D eigenvalue weighted by Crippen LogP contribution is -2.08. The van der Waals surface area contributed by atoms with Gasteiger partial charge in [0.1, 0.15) is 0 Å². The Hall–Kier alpha value is -2.10. The van der Waals surface area contributed by atoms with Gasteiger partial charge in [0.2, 0.25) is 5.88 Å². The van der Waals surface area contributed by atoms with E-state index < -0.39 is 0 Å². The molecule has 0 fully saturated rings. The number of nitrogens with zero attached hydrogens (tertiary/aromatic N) is 2. The van der Waals surface area contributed by atoms with E-state index in [-0.39, 0.29) is 5.97 Å². The number of hydrogen-bond donors (Lipinski definition) is 0. The van der Waals surface area contributed by atoms with Gasteiger partial charge in [0.25, 0.3) is 0 Å². The number of hydrogen-bond acceptors (Lipinski definition) is 3. The number of para-hydroxylation sites is 1. The fraction of sp³-hybridized carbons (Fsp3) is 0.231. The molecule has 0 bridgehead atoms. The molecule has 0 radical (unpaired) electrons. The minimum atomic E-state index is -0.342. The molecular weight excluding hydrogens is 216 g/mol. The molecule has 0 saturated heterocycles. The average Bonchev–Trinajstić information content (AvgIpc) is 2.58. The van der Waals surface area contributed by atoms with Gasteiger partial charge >= 0.3 is 5.97 Å². The second-order valence-electron chi connectivity index (χ2n) is 3.86. The van der Waals surface area contributed by atoms with Crippen molar-refractivity contribution in [3.63, 3.8) is 0 Å². The van der Waals surface area contributed by atoms with Crippen LogP contribution in [0.15, 0.2) is 30.3 Å². The van der Waals surface area contributed by atoms with E-state index in [1.165, 1.54) is 6.92 Å². The Morgan fingerprint density at radius 2 is 1.88 bits per heavy atom. The van der Waals surface area contributed by atoms with Crippen molar-refractivity contribution in [1.82, 2.24) is 9.78 Å². The van der Waals surface area contributed by atoms with E-state index in [0.29, 0.717) is 5.88 Å². The number of aryl methyl sites for hydroxylation is 1. The van der Waals surface area contributed by atoms with Crippen LogP contribution in [0.3, 0.4) is 0 Å². The summed E-state index contributed by atoms with van der Waals surface area (Å²) in [5, 5.41) is 4.37. The molecule has 4 heteroatoms. The Balaban J connectivity index is 2.54. The maximum absolute atomic E-state index is 11.1. The monoisotopic (exact) mass is 230 g/mol. The first kappa shape index (κ1) is 11.4. The van der Waals surface area contributed by atoms with E-state index in [2.05, 4.69) is 5.10 Å². The number of carbonyl (C=O) groups is 1. The van der Waals surface area contributed by atoms with E-state index >= 15 is 0 Å². The third-order valence-electron chi connectivity index (χ3n) is 2.55. The summed E-state index contributed by atoms with van der Waals surface area (Å²) in [4.78, 5) is 11.1. The molecule has 17 heavy (non-hydrogen) atoms. The van der Waals surface area contributed by atoms with Crippen molar-refractivity contribution in [2.45, 2.75) is 20.8 Å². The Morgan fingerprint density at radius 3 is 2.47 bits per heavy atom. The molecule has 0 amide bonds. The Labute approximate surface area is 99.8 Å². The van der Waals surface area contributed by atoms with Crippen LogP contribution in [0.2, 0.25) is 0 Å². The summed E-state index contributed by atoms with van der Waals surface area (Å²) in [5.41, 5.74) is 2.61. The molecule has 0 aliphatic carbocycles. The van der Waals surface area contributed by atoms with Crippen LogP contribution in [0.25, 0.3) is 5.69 Å². The SMILES string of the molecule is CC(=O)Oc1c(C)c(C)nn1-c1ccccc1. The fourth-order valence-corrected chi connectivity index (χ4v) is 1.58. The zero-order valence-corrected chi connectivity index (χ0v) is 10.1. The van der Waals surface area contributed by atoms with Crippen LogP contribution in [-0.4, -0.2) is 15.7 Å². The van der Waals surface area contributed by atoms with Crippen LogP contribution < -0.4 is 4.74 Å². The van der Waals surface area contributed by atoms with Gasteiger partial charge in [-0.2, -0.15) is 5.10 Å². The lowest BCUT2D eigenvalue weighted by Gasteiger charge is -2.06. The van der Waals surface area contributed by atoms with Gasteiger partial charge in [-0.1, -0.05) is 18.2 Å². The number of carbonyl (C=O) groups excluding carboxylic acids is 1. The van der Waals surface area contributed by atoms with Crippen LogP contribution in [0.5, 0.6) is 5.88 Å². The fourth-order valence-electron chi connectivity index (χ4n) is 1.58. The zero-order chi connectivity index (χ0) is 12.4. The van der Waals surface area contributed by atoms with Crippen molar-refractivity contribution < 1.29 is 9.53 Å². The molecule has 0 spiro atoms. The largest absolute Gasteiger partial charge is 0.407 e. The number of esters is 1. The number of rotatable bonds is 2. The normalized spacial score (nSPS) is 10.3. The lowest BCUT2D eigenvalue weighted by molar-refractivity contribution is -0.132. The molecule has 1 aromatic carbocycles. The van der Waals surface area contributed by atoms with Gasteiger partial charge < -0.3 is 4.74 Å². The van der Waals surface area contributed by atoms with Gasteiger partial charge in [0.05, 0.1) is 11.4 Å².